The summed E-state index contributed by atoms with van der Waals surface area (Å²) in [5.41, 5.74) is 0. The van der Waals surface area contributed by atoms with Crippen molar-refractivity contribution < 1.29 is 4.79 Å². The first kappa shape index (κ1) is 16.5. The van der Waals surface area contributed by atoms with Crippen molar-refractivity contribution in [1.29, 1.82) is 0 Å². The molecule has 23 heavy (non-hydrogen) atoms. The predicted octanol–water partition coefficient (Wildman–Crippen LogP) is 3.30. The summed E-state index contributed by atoms with van der Waals surface area (Å²) >= 11 is 0. The van der Waals surface area contributed by atoms with E-state index in [1.54, 1.807) is 6.20 Å². The smallest absolute Gasteiger partial charge is 0.226 e. The fraction of sp³-hybridized carbons (Fsp3) is 0.778. The van der Waals surface area contributed by atoms with Gasteiger partial charge in [-0.05, 0) is 31.1 Å². The van der Waals surface area contributed by atoms with Crippen LogP contribution in [0.2, 0.25) is 0 Å². The van der Waals surface area contributed by atoms with E-state index in [9.17, 15) is 4.79 Å². The third kappa shape index (κ3) is 4.34. The van der Waals surface area contributed by atoms with Gasteiger partial charge in [0, 0.05) is 32.1 Å². The Morgan fingerprint density at radius 3 is 2.65 bits per heavy atom. The maximum atomic E-state index is 12.3. The Morgan fingerprint density at radius 2 is 1.96 bits per heavy atom. The van der Waals surface area contributed by atoms with Crippen molar-refractivity contribution in [3.8, 4) is 0 Å². The minimum atomic E-state index is 0.107. The third-order valence-electron chi connectivity index (χ3n) is 5.21. The van der Waals surface area contributed by atoms with E-state index < -0.39 is 0 Å². The van der Waals surface area contributed by atoms with Crippen LogP contribution in [0.5, 0.6) is 0 Å². The number of aromatic nitrogens is 2. The maximum absolute atomic E-state index is 12.3. The van der Waals surface area contributed by atoms with E-state index in [4.69, 9.17) is 0 Å². The van der Waals surface area contributed by atoms with Gasteiger partial charge >= 0.3 is 0 Å². The molecule has 1 amide bonds. The van der Waals surface area contributed by atoms with Crippen molar-refractivity contribution >= 4 is 11.7 Å². The highest BCUT2D eigenvalue weighted by Gasteiger charge is 2.23. The van der Waals surface area contributed by atoms with Gasteiger partial charge in [0.25, 0.3) is 0 Å². The molecule has 1 N–H and O–H groups in total. The van der Waals surface area contributed by atoms with Crippen molar-refractivity contribution in [2.24, 2.45) is 11.8 Å². The summed E-state index contributed by atoms with van der Waals surface area (Å²) in [5, 5.41) is 7.48. The molecule has 1 aromatic rings. The van der Waals surface area contributed by atoms with Gasteiger partial charge in [-0.1, -0.05) is 26.7 Å². The molecule has 1 aromatic heterocycles. The van der Waals surface area contributed by atoms with E-state index >= 15 is 0 Å². The number of piperidine rings is 1. The number of hydrogen-bond donors (Lipinski definition) is 1. The molecule has 2 aliphatic rings. The lowest BCUT2D eigenvalue weighted by Gasteiger charge is -2.34. The highest BCUT2D eigenvalue weighted by molar-refractivity contribution is 5.89. The minimum absolute atomic E-state index is 0.107. The molecule has 2 heterocycles. The van der Waals surface area contributed by atoms with Crippen LogP contribution in [0.4, 0.5) is 5.82 Å². The quantitative estimate of drug-likeness (QED) is 0.906. The summed E-state index contributed by atoms with van der Waals surface area (Å²) in [4.78, 5) is 14.7. The van der Waals surface area contributed by atoms with Gasteiger partial charge in [-0.3, -0.25) is 4.79 Å². The van der Waals surface area contributed by atoms with Crippen LogP contribution in [0, 0.1) is 11.8 Å². The summed E-state index contributed by atoms with van der Waals surface area (Å²) in [6.45, 7) is 7.72. The van der Waals surface area contributed by atoms with Crippen LogP contribution in [0.25, 0.3) is 0 Å². The van der Waals surface area contributed by atoms with Crippen molar-refractivity contribution in [3.63, 3.8) is 0 Å². The summed E-state index contributed by atoms with van der Waals surface area (Å²) in [6, 6.07) is 2.38. The predicted molar refractivity (Wildman–Crippen MR) is 92.4 cm³/mol. The molecule has 0 unspecified atom stereocenters. The molecule has 3 rings (SSSR count). The molecule has 0 radical (unpaired) electrons. The van der Waals surface area contributed by atoms with Gasteiger partial charge in [-0.2, -0.15) is 5.10 Å². The van der Waals surface area contributed by atoms with Crippen molar-refractivity contribution in [2.45, 2.75) is 58.4 Å². The van der Waals surface area contributed by atoms with Gasteiger partial charge in [0.05, 0.1) is 12.2 Å². The molecule has 1 saturated carbocycles. The maximum Gasteiger partial charge on any atom is 0.226 e. The van der Waals surface area contributed by atoms with Gasteiger partial charge < -0.3 is 10.2 Å². The molecule has 1 aliphatic heterocycles. The van der Waals surface area contributed by atoms with Gasteiger partial charge in [0.2, 0.25) is 5.91 Å². The van der Waals surface area contributed by atoms with Gasteiger partial charge in [0.15, 0.2) is 0 Å². The Hall–Kier alpha value is -1.36. The topological polar surface area (TPSA) is 50.2 Å². The van der Waals surface area contributed by atoms with E-state index in [-0.39, 0.29) is 5.91 Å². The van der Waals surface area contributed by atoms with Crippen molar-refractivity contribution in [3.05, 3.63) is 12.3 Å². The van der Waals surface area contributed by atoms with Crippen LogP contribution < -0.4 is 5.32 Å². The number of nitrogens with one attached hydrogen (secondary N) is 1. The van der Waals surface area contributed by atoms with Crippen LogP contribution in [0.3, 0.4) is 0 Å². The number of carbonyl (C=O) groups excluding carboxylic acids is 1. The SMILES string of the molecule is C[C@H]1C[C@H](C)CN(CCC(=O)Nc2ccnn2C2CCCC2)C1. The van der Waals surface area contributed by atoms with E-state index in [1.807, 2.05) is 10.7 Å². The van der Waals surface area contributed by atoms with Crippen LogP contribution in [0.15, 0.2) is 12.3 Å². The van der Waals surface area contributed by atoms with E-state index in [0.717, 1.165) is 37.3 Å². The lowest BCUT2D eigenvalue weighted by molar-refractivity contribution is -0.116. The molecule has 2 atom stereocenters. The Bertz CT molecular complexity index is 511. The standard InChI is InChI=1S/C18H30N4O/c1-14-11-15(2)13-21(12-14)10-8-18(23)20-17-7-9-19-22(17)16-5-3-4-6-16/h7,9,14-16H,3-6,8,10-13H2,1-2H3,(H,20,23)/t14-,15-/m0/s1. The lowest BCUT2D eigenvalue weighted by Crippen LogP contribution is -2.40. The second-order valence-electron chi connectivity index (χ2n) is 7.60. The Morgan fingerprint density at radius 1 is 1.26 bits per heavy atom. The number of nitrogens with zero attached hydrogens (tertiary/aromatic N) is 3. The number of anilines is 1. The van der Waals surface area contributed by atoms with E-state index in [0.29, 0.717) is 12.5 Å². The molecule has 5 nitrogen and oxygen atoms in total. The second kappa shape index (κ2) is 7.47. The average Bonchev–Trinajstić information content (AvgIpc) is 3.14. The Kier molecular flexibility index (Phi) is 5.36. The van der Waals surface area contributed by atoms with Crippen molar-refractivity contribution in [2.75, 3.05) is 25.0 Å². The molecule has 0 aromatic carbocycles. The fourth-order valence-electron chi connectivity index (χ4n) is 4.29. The van der Waals surface area contributed by atoms with Crippen molar-refractivity contribution in [1.82, 2.24) is 14.7 Å². The summed E-state index contributed by atoms with van der Waals surface area (Å²) in [5.74, 6) is 2.45. The molecule has 2 fully saturated rings. The minimum Gasteiger partial charge on any atom is -0.311 e. The largest absolute Gasteiger partial charge is 0.311 e. The number of likely N-dealkylation sites (tertiary alicyclic amines) is 1. The molecule has 0 bridgehead atoms. The number of carbonyl (C=O) groups is 1. The van der Waals surface area contributed by atoms with E-state index in [1.165, 1.54) is 32.1 Å². The zero-order chi connectivity index (χ0) is 16.2. The second-order valence-corrected chi connectivity index (χ2v) is 7.60. The summed E-state index contributed by atoms with van der Waals surface area (Å²) < 4.78 is 2.01. The molecule has 128 valence electrons. The van der Waals surface area contributed by atoms with Crippen LogP contribution in [0.1, 0.15) is 58.4 Å². The van der Waals surface area contributed by atoms with Gasteiger partial charge in [-0.25, -0.2) is 4.68 Å². The monoisotopic (exact) mass is 318 g/mol. The van der Waals surface area contributed by atoms with Crippen LogP contribution in [-0.2, 0) is 4.79 Å². The number of hydrogen-bond acceptors (Lipinski definition) is 3. The fourth-order valence-corrected chi connectivity index (χ4v) is 4.29. The zero-order valence-corrected chi connectivity index (χ0v) is 14.5. The summed E-state index contributed by atoms with van der Waals surface area (Å²) in [7, 11) is 0. The van der Waals surface area contributed by atoms with Crippen LogP contribution in [-0.4, -0.2) is 40.2 Å². The third-order valence-corrected chi connectivity index (χ3v) is 5.21. The van der Waals surface area contributed by atoms with Gasteiger partial charge in [0.1, 0.15) is 5.82 Å². The number of amides is 1. The van der Waals surface area contributed by atoms with Crippen LogP contribution >= 0.6 is 0 Å². The van der Waals surface area contributed by atoms with Gasteiger partial charge in [-0.15, -0.1) is 0 Å². The lowest BCUT2D eigenvalue weighted by atomic mass is 9.92. The normalized spacial score (nSPS) is 26.5. The number of rotatable bonds is 5. The molecular weight excluding hydrogens is 288 g/mol. The van der Waals surface area contributed by atoms with E-state index in [2.05, 4.69) is 29.2 Å². The highest BCUT2D eigenvalue weighted by Crippen LogP contribution is 2.31. The molecule has 1 aliphatic carbocycles. The Labute approximate surface area is 139 Å². The first-order valence-corrected chi connectivity index (χ1v) is 9.17. The highest BCUT2D eigenvalue weighted by atomic mass is 16.1. The molecule has 0 spiro atoms. The first-order valence-electron chi connectivity index (χ1n) is 9.17. The molecule has 5 heteroatoms. The zero-order valence-electron chi connectivity index (χ0n) is 14.5. The summed E-state index contributed by atoms with van der Waals surface area (Å²) in [6.07, 6.45) is 8.55. The average molecular weight is 318 g/mol. The Balaban J connectivity index is 1.49. The molecular formula is C18H30N4O. The first-order chi connectivity index (χ1) is 11.1. The molecule has 1 saturated heterocycles.